The molecule has 0 saturated heterocycles. The van der Waals surface area contributed by atoms with Crippen LogP contribution in [-0.2, 0) is 11.8 Å². The number of urea groups is 1. The van der Waals surface area contributed by atoms with Gasteiger partial charge in [0.05, 0.1) is 22.5 Å². The zero-order chi connectivity index (χ0) is 31.4. The molecule has 0 aliphatic carbocycles. The lowest BCUT2D eigenvalue weighted by atomic mass is 9.91. The molecule has 2 N–H and O–H groups in total. The topological polar surface area (TPSA) is 81.1 Å². The monoisotopic (exact) mass is 591 g/mol. The summed E-state index contributed by atoms with van der Waals surface area (Å²) >= 11 is 0. The fraction of sp³-hybridized carbons (Fsp3) is 0.132. The molecular weight excluding hydrogens is 558 g/mol. The first-order chi connectivity index (χ1) is 21.8. The Hall–Kier alpha value is -5.87. The molecule has 0 atom stereocenters. The van der Waals surface area contributed by atoms with Crippen molar-refractivity contribution in [2.75, 3.05) is 10.6 Å². The number of carbonyl (C=O) groups is 1. The quantitative estimate of drug-likeness (QED) is 0.174. The maximum atomic E-state index is 13.4. The Kier molecular flexibility index (Phi) is 8.04. The summed E-state index contributed by atoms with van der Waals surface area (Å²) in [5.41, 5.74) is 4.72. The first kappa shape index (κ1) is 29.2. The third-order valence-corrected chi connectivity index (χ3v) is 7.61. The third kappa shape index (κ3) is 6.56. The summed E-state index contributed by atoms with van der Waals surface area (Å²) in [5, 5.41) is 12.4. The number of benzene rings is 4. The van der Waals surface area contributed by atoms with Crippen LogP contribution < -0.4 is 15.4 Å². The highest BCUT2D eigenvalue weighted by molar-refractivity contribution is 6.07. The molecule has 0 unspecified atom stereocenters. The number of hydrogen-bond acceptors (Lipinski definition) is 4. The zero-order valence-electron chi connectivity index (χ0n) is 25.4. The van der Waals surface area contributed by atoms with Crippen LogP contribution >= 0.6 is 0 Å². The summed E-state index contributed by atoms with van der Waals surface area (Å²) in [6, 6.07) is 34.8. The molecule has 7 heteroatoms. The molecule has 2 amide bonds. The molecule has 0 radical (unpaired) electrons. The fourth-order valence-corrected chi connectivity index (χ4v) is 5.02. The van der Waals surface area contributed by atoms with E-state index in [0.29, 0.717) is 35.1 Å². The summed E-state index contributed by atoms with van der Waals surface area (Å²) in [4.78, 5) is 17.9. The number of pyridine rings is 1. The van der Waals surface area contributed by atoms with Gasteiger partial charge in [0, 0.05) is 41.2 Å². The van der Waals surface area contributed by atoms with Crippen molar-refractivity contribution in [1.29, 1.82) is 0 Å². The molecule has 4 aromatic carbocycles. The molecule has 0 saturated carbocycles. The fourth-order valence-electron chi connectivity index (χ4n) is 5.02. The lowest BCUT2D eigenvalue weighted by molar-refractivity contribution is 0.262. The highest BCUT2D eigenvalue weighted by Gasteiger charge is 2.24. The number of fused-ring (bicyclic) bond motifs is 1. The van der Waals surface area contributed by atoms with Gasteiger partial charge in [-0.05, 0) is 56.7 Å². The molecule has 222 valence electrons. The number of terminal acetylenes is 1. The van der Waals surface area contributed by atoms with Crippen molar-refractivity contribution in [3.63, 3.8) is 0 Å². The lowest BCUT2D eigenvalue weighted by Crippen LogP contribution is -2.21. The molecule has 45 heavy (non-hydrogen) atoms. The highest BCUT2D eigenvalue weighted by Crippen LogP contribution is 2.35. The smallest absolute Gasteiger partial charge is 0.324 e. The summed E-state index contributed by atoms with van der Waals surface area (Å²) in [7, 11) is 0. The second-order valence-electron chi connectivity index (χ2n) is 11.4. The molecule has 0 fully saturated rings. The van der Waals surface area contributed by atoms with E-state index in [0.717, 1.165) is 27.7 Å². The maximum absolute atomic E-state index is 13.4. The summed E-state index contributed by atoms with van der Waals surface area (Å²) < 4.78 is 8.05. The van der Waals surface area contributed by atoms with Gasteiger partial charge in [-0.3, -0.25) is 10.3 Å². The molecule has 7 nitrogen and oxygen atoms in total. The Morgan fingerprint density at radius 3 is 2.38 bits per heavy atom. The van der Waals surface area contributed by atoms with Crippen LogP contribution in [0.2, 0.25) is 0 Å². The first-order valence-corrected chi connectivity index (χ1v) is 14.7. The van der Waals surface area contributed by atoms with Gasteiger partial charge >= 0.3 is 6.03 Å². The van der Waals surface area contributed by atoms with Crippen molar-refractivity contribution in [3.8, 4) is 29.5 Å². The standard InChI is InChI=1S/C38H33N5O2/c1-5-38(3,4)35-25-36(43(42-35)29-17-15-26(2)16-18-29)41-37(44)40-33-19-20-34(32-14-10-9-13-31(32)33)45-30-21-22-39-28(24-30)23-27-11-7-6-8-12-27/h1,6-22,24-25H,23H2,2-4H3,(H2,40,41,44). The minimum atomic E-state index is -0.619. The van der Waals surface area contributed by atoms with Gasteiger partial charge in [-0.15, -0.1) is 6.42 Å². The predicted octanol–water partition coefficient (Wildman–Crippen LogP) is 8.67. The van der Waals surface area contributed by atoms with E-state index in [9.17, 15) is 4.79 Å². The van der Waals surface area contributed by atoms with Crippen LogP contribution in [0.15, 0.2) is 115 Å². The van der Waals surface area contributed by atoms with E-state index >= 15 is 0 Å². The van der Waals surface area contributed by atoms with Crippen molar-refractivity contribution >= 4 is 28.3 Å². The molecule has 0 aliphatic rings. The molecular formula is C38H33N5O2. The van der Waals surface area contributed by atoms with Crippen molar-refractivity contribution < 1.29 is 9.53 Å². The Bertz CT molecular complexity index is 2020. The maximum Gasteiger partial charge on any atom is 0.324 e. The number of amides is 2. The number of hydrogen-bond donors (Lipinski definition) is 2. The summed E-state index contributed by atoms with van der Waals surface area (Å²) in [6.45, 7) is 5.86. The first-order valence-electron chi connectivity index (χ1n) is 14.7. The van der Waals surface area contributed by atoms with E-state index in [1.165, 1.54) is 5.56 Å². The van der Waals surface area contributed by atoms with E-state index in [1.54, 1.807) is 10.9 Å². The van der Waals surface area contributed by atoms with Crippen molar-refractivity contribution in [3.05, 3.63) is 138 Å². The van der Waals surface area contributed by atoms with Crippen molar-refractivity contribution in [2.24, 2.45) is 0 Å². The van der Waals surface area contributed by atoms with Gasteiger partial charge in [-0.25, -0.2) is 9.48 Å². The van der Waals surface area contributed by atoms with Gasteiger partial charge in [0.1, 0.15) is 17.3 Å². The predicted molar refractivity (Wildman–Crippen MR) is 180 cm³/mol. The van der Waals surface area contributed by atoms with Crippen LogP contribution in [0.4, 0.5) is 16.3 Å². The SMILES string of the molecule is C#CC(C)(C)c1cc(NC(=O)Nc2ccc(Oc3ccnc(Cc4ccccc4)c3)c3ccccc23)n(-c2ccc(C)cc2)n1. The molecule has 0 bridgehead atoms. The van der Waals surface area contributed by atoms with Gasteiger partial charge < -0.3 is 10.1 Å². The molecule has 0 spiro atoms. The number of aromatic nitrogens is 3. The number of aryl methyl sites for hydroxylation is 1. The van der Waals surface area contributed by atoms with Gasteiger partial charge in [0.15, 0.2) is 0 Å². The van der Waals surface area contributed by atoms with Gasteiger partial charge in [0.25, 0.3) is 0 Å². The highest BCUT2D eigenvalue weighted by atomic mass is 16.5. The minimum Gasteiger partial charge on any atom is -0.457 e. The Morgan fingerprint density at radius 1 is 0.889 bits per heavy atom. The van der Waals surface area contributed by atoms with Crippen LogP contribution in [0.3, 0.4) is 0 Å². The largest absolute Gasteiger partial charge is 0.457 e. The van der Waals surface area contributed by atoms with Crippen LogP contribution in [0.25, 0.3) is 16.5 Å². The molecule has 6 rings (SSSR count). The number of ether oxygens (including phenoxy) is 1. The van der Waals surface area contributed by atoms with E-state index in [2.05, 4.69) is 33.7 Å². The van der Waals surface area contributed by atoms with Crippen molar-refractivity contribution in [1.82, 2.24) is 14.8 Å². The molecule has 0 aliphatic heterocycles. The average molecular weight is 592 g/mol. The van der Waals surface area contributed by atoms with E-state index in [1.807, 2.05) is 118 Å². The number of anilines is 2. The Morgan fingerprint density at radius 2 is 1.62 bits per heavy atom. The van der Waals surface area contributed by atoms with Crippen LogP contribution in [-0.4, -0.2) is 20.8 Å². The Balaban J connectivity index is 1.24. The lowest BCUT2D eigenvalue weighted by Gasteiger charge is -2.14. The average Bonchev–Trinajstić information content (AvgIpc) is 3.47. The van der Waals surface area contributed by atoms with Crippen molar-refractivity contribution in [2.45, 2.75) is 32.6 Å². The number of nitrogens with zero attached hydrogens (tertiary/aromatic N) is 3. The number of nitrogens with one attached hydrogen (secondary N) is 2. The van der Waals surface area contributed by atoms with Gasteiger partial charge in [0.2, 0.25) is 0 Å². The van der Waals surface area contributed by atoms with E-state index in [-0.39, 0.29) is 0 Å². The normalized spacial score (nSPS) is 11.2. The molecule has 6 aromatic rings. The zero-order valence-corrected chi connectivity index (χ0v) is 25.4. The summed E-state index contributed by atoms with van der Waals surface area (Å²) in [5.74, 6) is 4.65. The number of carbonyl (C=O) groups excluding carboxylic acids is 1. The molecule has 2 heterocycles. The van der Waals surface area contributed by atoms with Crippen LogP contribution in [0.5, 0.6) is 11.5 Å². The Labute approximate surface area is 262 Å². The van der Waals surface area contributed by atoms with Crippen LogP contribution in [0, 0.1) is 19.3 Å². The van der Waals surface area contributed by atoms with Gasteiger partial charge in [-0.2, -0.15) is 5.10 Å². The van der Waals surface area contributed by atoms with Gasteiger partial charge in [-0.1, -0.05) is 78.2 Å². The number of rotatable bonds is 8. The van der Waals surface area contributed by atoms with E-state index < -0.39 is 11.4 Å². The summed E-state index contributed by atoms with van der Waals surface area (Å²) in [6.07, 6.45) is 8.27. The third-order valence-electron chi connectivity index (χ3n) is 7.61. The van der Waals surface area contributed by atoms with E-state index in [4.69, 9.17) is 16.3 Å². The molecule has 2 aromatic heterocycles. The second-order valence-corrected chi connectivity index (χ2v) is 11.4. The minimum absolute atomic E-state index is 0.410. The van der Waals surface area contributed by atoms with Crippen LogP contribution in [0.1, 0.15) is 36.4 Å². The second kappa shape index (κ2) is 12.4.